The van der Waals surface area contributed by atoms with Crippen LogP contribution >= 0.6 is 11.6 Å². The fourth-order valence-electron chi connectivity index (χ4n) is 3.62. The predicted molar refractivity (Wildman–Crippen MR) is 103 cm³/mol. The lowest BCUT2D eigenvalue weighted by Gasteiger charge is -2.10. The van der Waals surface area contributed by atoms with Gasteiger partial charge in [-0.3, -0.25) is 0 Å². The summed E-state index contributed by atoms with van der Waals surface area (Å²) in [5.41, 5.74) is 3.57. The van der Waals surface area contributed by atoms with E-state index in [0.717, 1.165) is 16.1 Å². The van der Waals surface area contributed by atoms with Crippen LogP contribution < -0.4 is 0 Å². The zero-order chi connectivity index (χ0) is 16.1. The Morgan fingerprint density at radius 2 is 1.21 bits per heavy atom. The van der Waals surface area contributed by atoms with Gasteiger partial charge < -0.3 is 4.57 Å². The first-order valence-electron chi connectivity index (χ1n) is 8.00. The van der Waals surface area contributed by atoms with Gasteiger partial charge in [0.1, 0.15) is 0 Å². The summed E-state index contributed by atoms with van der Waals surface area (Å²) in [6.45, 7) is 0. The molecule has 0 amide bonds. The first kappa shape index (κ1) is 13.6. The van der Waals surface area contributed by atoms with Crippen molar-refractivity contribution in [3.05, 3.63) is 90.0 Å². The molecule has 0 aliphatic heterocycles. The molecular weight excluding hydrogens is 314 g/mol. The molecule has 0 spiro atoms. The molecule has 114 valence electrons. The SMILES string of the molecule is Clc1cc2c3ccccc3n(-c3ccccc3)c2c2ccccc12. The van der Waals surface area contributed by atoms with Gasteiger partial charge >= 0.3 is 0 Å². The maximum Gasteiger partial charge on any atom is 0.0620 e. The van der Waals surface area contributed by atoms with Gasteiger partial charge in [-0.2, -0.15) is 0 Å². The maximum atomic E-state index is 6.58. The first-order chi connectivity index (χ1) is 11.8. The van der Waals surface area contributed by atoms with Crippen LogP contribution in [-0.4, -0.2) is 4.57 Å². The van der Waals surface area contributed by atoms with Crippen LogP contribution in [0.25, 0.3) is 38.3 Å². The number of nitrogens with zero attached hydrogens (tertiary/aromatic N) is 1. The Bertz CT molecular complexity index is 1200. The molecule has 0 radical (unpaired) electrons. The number of halogens is 1. The molecule has 0 unspecified atom stereocenters. The van der Waals surface area contributed by atoms with Crippen LogP contribution in [-0.2, 0) is 0 Å². The summed E-state index contributed by atoms with van der Waals surface area (Å²) >= 11 is 6.58. The van der Waals surface area contributed by atoms with Crippen molar-refractivity contribution in [1.29, 1.82) is 0 Å². The summed E-state index contributed by atoms with van der Waals surface area (Å²) in [5.74, 6) is 0. The van der Waals surface area contributed by atoms with Crippen LogP contribution in [0.3, 0.4) is 0 Å². The van der Waals surface area contributed by atoms with E-state index < -0.39 is 0 Å². The third kappa shape index (κ3) is 1.82. The minimum Gasteiger partial charge on any atom is -0.309 e. The molecule has 0 fully saturated rings. The molecule has 2 heteroatoms. The zero-order valence-corrected chi connectivity index (χ0v) is 13.7. The van der Waals surface area contributed by atoms with Gasteiger partial charge in [0.2, 0.25) is 0 Å². The minimum absolute atomic E-state index is 0.800. The maximum absolute atomic E-state index is 6.58. The number of hydrogen-bond donors (Lipinski definition) is 0. The number of benzene rings is 4. The van der Waals surface area contributed by atoms with Crippen molar-refractivity contribution < 1.29 is 0 Å². The highest BCUT2D eigenvalue weighted by molar-refractivity contribution is 6.38. The van der Waals surface area contributed by atoms with Crippen LogP contribution in [0.1, 0.15) is 0 Å². The number of rotatable bonds is 1. The molecule has 0 saturated heterocycles. The van der Waals surface area contributed by atoms with Crippen molar-refractivity contribution in [2.75, 3.05) is 0 Å². The Morgan fingerprint density at radius 3 is 2.00 bits per heavy atom. The second-order valence-electron chi connectivity index (χ2n) is 5.99. The first-order valence-corrected chi connectivity index (χ1v) is 8.38. The Balaban J connectivity index is 2.12. The second kappa shape index (κ2) is 5.12. The van der Waals surface area contributed by atoms with Gasteiger partial charge in [-0.05, 0) is 24.3 Å². The molecule has 5 rings (SSSR count). The van der Waals surface area contributed by atoms with E-state index in [0.29, 0.717) is 0 Å². The molecule has 0 bridgehead atoms. The normalized spacial score (nSPS) is 11.5. The Morgan fingerprint density at radius 1 is 0.583 bits per heavy atom. The van der Waals surface area contributed by atoms with Gasteiger partial charge in [0, 0.05) is 32.3 Å². The molecule has 1 aromatic heterocycles. The van der Waals surface area contributed by atoms with Crippen LogP contribution in [0, 0.1) is 0 Å². The van der Waals surface area contributed by atoms with Crippen LogP contribution in [0.15, 0.2) is 84.9 Å². The molecule has 0 N–H and O–H groups in total. The van der Waals surface area contributed by atoms with E-state index in [-0.39, 0.29) is 0 Å². The summed E-state index contributed by atoms with van der Waals surface area (Å²) in [7, 11) is 0. The third-order valence-corrected chi connectivity index (χ3v) is 4.95. The van der Waals surface area contributed by atoms with Gasteiger partial charge in [0.05, 0.1) is 11.0 Å². The molecule has 1 nitrogen and oxygen atoms in total. The summed E-state index contributed by atoms with van der Waals surface area (Å²) in [6.07, 6.45) is 0. The molecule has 24 heavy (non-hydrogen) atoms. The minimum atomic E-state index is 0.800. The summed E-state index contributed by atoms with van der Waals surface area (Å²) in [5, 5.41) is 5.49. The standard InChI is InChI=1S/C22H14ClN/c23-20-14-19-17-11-6-7-13-21(17)24(15-8-2-1-3-9-15)22(19)18-12-5-4-10-16(18)20/h1-14H. The molecule has 5 aromatic rings. The van der Waals surface area contributed by atoms with Crippen LogP contribution in [0.2, 0.25) is 5.02 Å². The van der Waals surface area contributed by atoms with E-state index in [2.05, 4.69) is 77.4 Å². The Hall–Kier alpha value is -2.77. The third-order valence-electron chi connectivity index (χ3n) is 4.64. The molecule has 0 atom stereocenters. The van der Waals surface area contributed by atoms with E-state index in [1.807, 2.05) is 12.1 Å². The van der Waals surface area contributed by atoms with Gasteiger partial charge in [0.15, 0.2) is 0 Å². The number of fused-ring (bicyclic) bond motifs is 5. The van der Waals surface area contributed by atoms with Crippen molar-refractivity contribution >= 4 is 44.2 Å². The topological polar surface area (TPSA) is 4.93 Å². The molecule has 0 saturated carbocycles. The van der Waals surface area contributed by atoms with Gasteiger partial charge in [0.25, 0.3) is 0 Å². The zero-order valence-electron chi connectivity index (χ0n) is 12.9. The van der Waals surface area contributed by atoms with Crippen molar-refractivity contribution in [2.24, 2.45) is 0 Å². The summed E-state index contributed by atoms with van der Waals surface area (Å²) in [6, 6.07) is 29.5. The van der Waals surface area contributed by atoms with Crippen LogP contribution in [0.5, 0.6) is 0 Å². The number of aromatic nitrogens is 1. The van der Waals surface area contributed by atoms with E-state index >= 15 is 0 Å². The molecular formula is C22H14ClN. The lowest BCUT2D eigenvalue weighted by Crippen LogP contribution is -1.93. The van der Waals surface area contributed by atoms with E-state index in [4.69, 9.17) is 11.6 Å². The fourth-order valence-corrected chi connectivity index (χ4v) is 3.90. The lowest BCUT2D eigenvalue weighted by molar-refractivity contribution is 1.19. The number of para-hydroxylation sites is 2. The average molecular weight is 328 g/mol. The van der Waals surface area contributed by atoms with E-state index in [1.165, 1.54) is 27.2 Å². The van der Waals surface area contributed by atoms with Gasteiger partial charge in [-0.25, -0.2) is 0 Å². The number of hydrogen-bond acceptors (Lipinski definition) is 0. The van der Waals surface area contributed by atoms with Crippen LogP contribution in [0.4, 0.5) is 0 Å². The Labute approximate surface area is 144 Å². The fraction of sp³-hybridized carbons (Fsp3) is 0. The monoisotopic (exact) mass is 327 g/mol. The molecule has 0 aliphatic carbocycles. The summed E-state index contributed by atoms with van der Waals surface area (Å²) in [4.78, 5) is 0. The van der Waals surface area contributed by atoms with E-state index in [1.54, 1.807) is 0 Å². The smallest absolute Gasteiger partial charge is 0.0620 e. The highest BCUT2D eigenvalue weighted by Crippen LogP contribution is 2.39. The van der Waals surface area contributed by atoms with Gasteiger partial charge in [-0.1, -0.05) is 72.3 Å². The van der Waals surface area contributed by atoms with Crippen molar-refractivity contribution in [1.82, 2.24) is 4.57 Å². The highest BCUT2D eigenvalue weighted by Gasteiger charge is 2.15. The predicted octanol–water partition coefficient (Wildman–Crippen LogP) is 6.59. The lowest BCUT2D eigenvalue weighted by atomic mass is 10.1. The molecule has 1 heterocycles. The highest BCUT2D eigenvalue weighted by atomic mass is 35.5. The largest absolute Gasteiger partial charge is 0.309 e. The van der Waals surface area contributed by atoms with Crippen molar-refractivity contribution in [3.63, 3.8) is 0 Å². The van der Waals surface area contributed by atoms with E-state index in [9.17, 15) is 0 Å². The summed E-state index contributed by atoms with van der Waals surface area (Å²) < 4.78 is 2.34. The average Bonchev–Trinajstić information content (AvgIpc) is 2.97. The quantitative estimate of drug-likeness (QED) is 0.327. The second-order valence-corrected chi connectivity index (χ2v) is 6.40. The van der Waals surface area contributed by atoms with Crippen molar-refractivity contribution in [3.8, 4) is 5.69 Å². The van der Waals surface area contributed by atoms with Crippen molar-refractivity contribution in [2.45, 2.75) is 0 Å². The molecule has 4 aromatic carbocycles. The molecule has 0 aliphatic rings. The van der Waals surface area contributed by atoms with Gasteiger partial charge in [-0.15, -0.1) is 0 Å². The Kier molecular flexibility index (Phi) is 2.91.